The minimum absolute atomic E-state index is 0. The summed E-state index contributed by atoms with van der Waals surface area (Å²) in [6.07, 6.45) is 21.1. The molecule has 1 radical (unpaired) electrons. The number of ketones is 2. The Labute approximate surface area is 461 Å². The molecule has 15 heteroatoms. The number of allylic oxidation sites excluding steroid dienone is 4. The van der Waals surface area contributed by atoms with E-state index in [1.165, 1.54) is 124 Å². The summed E-state index contributed by atoms with van der Waals surface area (Å²) in [5.74, 6) is 5.49. The largest absolute Gasteiger partial charge is 3.00 e. The SMILES string of the molecule is CC(=O)/C=C(/C)[O-].CC(=O)/C=C(/C)[O-].CC1(C)[C@H]2Cc3cc(-c4cc5c(cn4)[C@@H]4C[C@H](C5)C4(C)C)ncc3[C@@H]1C2.CC1(C)[C@H]2Cc3cc(-c4cc5c(cn4)[C@@H]4C[C@H](C5)C4(C)C)ncc3[C@@H]1C2.O.O.O=[N+]([O-])[O-].[Dy+3]. The third-order valence-corrected chi connectivity index (χ3v) is 18.7. The van der Waals surface area contributed by atoms with Gasteiger partial charge < -0.3 is 36.5 Å². The summed E-state index contributed by atoms with van der Waals surface area (Å²) in [4.78, 5) is 47.6. The van der Waals surface area contributed by atoms with Gasteiger partial charge in [-0.05, 0) is 215 Å². The van der Waals surface area contributed by atoms with Gasteiger partial charge in [-0.1, -0.05) is 69.2 Å². The quantitative estimate of drug-likeness (QED) is 0.0806. The van der Waals surface area contributed by atoms with Gasteiger partial charge in [-0.15, -0.1) is 11.5 Å². The number of hydrogen-bond acceptors (Lipinski definition) is 11. The van der Waals surface area contributed by atoms with Gasteiger partial charge in [0.05, 0.1) is 27.9 Å². The van der Waals surface area contributed by atoms with Crippen molar-refractivity contribution in [2.24, 2.45) is 45.3 Å². The molecule has 0 spiro atoms. The van der Waals surface area contributed by atoms with Crippen molar-refractivity contribution in [3.8, 4) is 22.8 Å². The zero-order chi connectivity index (χ0) is 51.0. The van der Waals surface area contributed by atoms with Crippen molar-refractivity contribution in [1.82, 2.24) is 19.9 Å². The van der Waals surface area contributed by atoms with E-state index in [1.54, 1.807) is 0 Å². The second-order valence-electron chi connectivity index (χ2n) is 24.1. The molecule has 4 aromatic heterocycles. The standard InChI is InChI=1S/2C24H28N2.2C5H8O2.Dy.NO3.2H2O/c2*1-23(2)15-5-13-7-21(25-11-17(13)19(23)9-15)22-8-14-6-16-10-20(24(16,3)4)18(14)12-26-22;2*1-4(6)3-5(2)7;;2-1(3)4;;/h2*7-8,11-12,15-16,19-20H,5-6,9-10H2,1-4H3;2*3,6H,1-2H3;;;2*1H2/q;;;;+3;-1;;/p-2/b;;2*4-3-;;;;/t2*15-,16-,19-,20-;;;;;;/m00....../s1. The van der Waals surface area contributed by atoms with Crippen molar-refractivity contribution in [2.45, 2.75) is 158 Å². The van der Waals surface area contributed by atoms with E-state index < -0.39 is 5.09 Å². The van der Waals surface area contributed by atoms with E-state index in [9.17, 15) is 19.8 Å². The molecule has 0 aromatic carbocycles. The molecule has 4 fully saturated rings. The molecule has 16 rings (SSSR count). The Bertz CT molecular complexity index is 2470. The van der Waals surface area contributed by atoms with Crippen LogP contribution in [0.15, 0.2) is 72.7 Å². The summed E-state index contributed by atoms with van der Waals surface area (Å²) in [7, 11) is 0. The molecule has 4 saturated carbocycles. The van der Waals surface area contributed by atoms with Crippen LogP contribution in [0, 0.1) is 98.8 Å². The second kappa shape index (κ2) is 21.9. The Kier molecular flexibility index (Phi) is 17.8. The Morgan fingerprint density at radius 3 is 0.808 bits per heavy atom. The number of carbonyl (C=O) groups is 2. The number of pyridine rings is 4. The van der Waals surface area contributed by atoms with Gasteiger partial charge in [-0.3, -0.25) is 29.5 Å². The first kappa shape index (κ1) is 59.3. The minimum Gasteiger partial charge on any atom is -0.876 e. The fraction of sp³-hybridized carbons (Fsp3) is 0.552. The third-order valence-electron chi connectivity index (χ3n) is 18.7. The molecule has 0 unspecified atom stereocenters. The second-order valence-corrected chi connectivity index (χ2v) is 24.1. The van der Waals surface area contributed by atoms with Crippen LogP contribution in [0.5, 0.6) is 0 Å². The average Bonchev–Trinajstić information content (AvgIpc) is 3.29. The van der Waals surface area contributed by atoms with Gasteiger partial charge in [0, 0.05) is 24.8 Å². The normalized spacial score (nSPS) is 26.8. The fourth-order valence-corrected chi connectivity index (χ4v) is 13.7. The molecule has 8 atom stereocenters. The Morgan fingerprint density at radius 2 is 0.671 bits per heavy atom. The predicted molar refractivity (Wildman–Crippen MR) is 275 cm³/mol. The van der Waals surface area contributed by atoms with Crippen molar-refractivity contribution in [3.05, 3.63) is 133 Å². The van der Waals surface area contributed by atoms with E-state index in [1.807, 2.05) is 0 Å². The summed E-state index contributed by atoms with van der Waals surface area (Å²) in [6, 6.07) is 9.36. The molecule has 8 bridgehead atoms. The monoisotopic (exact) mass is 1150 g/mol. The maximum atomic E-state index is 9.98. The van der Waals surface area contributed by atoms with E-state index in [4.69, 9.17) is 35.3 Å². The molecule has 12 aliphatic carbocycles. The van der Waals surface area contributed by atoms with Crippen molar-refractivity contribution >= 4 is 11.6 Å². The summed E-state index contributed by atoms with van der Waals surface area (Å²) >= 11 is 0. The summed E-state index contributed by atoms with van der Waals surface area (Å²) in [6.45, 7) is 24.8. The first-order chi connectivity index (χ1) is 32.7. The number of aromatic nitrogens is 4. The van der Waals surface area contributed by atoms with Gasteiger partial charge >= 0.3 is 38.2 Å². The Hall–Kier alpha value is -4.59. The van der Waals surface area contributed by atoms with Crippen LogP contribution in [0.4, 0.5) is 0 Å². The van der Waals surface area contributed by atoms with Crippen molar-refractivity contribution < 1.29 is 74.0 Å². The molecule has 4 aromatic rings. The number of hydrogen-bond donors (Lipinski definition) is 0. The minimum atomic E-state index is -1.75. The summed E-state index contributed by atoms with van der Waals surface area (Å²) < 4.78 is 0. The molecule has 0 aliphatic heterocycles. The topological polar surface area (TPSA) is 261 Å². The van der Waals surface area contributed by atoms with E-state index in [0.29, 0.717) is 45.3 Å². The molecule has 14 nitrogen and oxygen atoms in total. The zero-order valence-electron chi connectivity index (χ0n) is 44.5. The van der Waals surface area contributed by atoms with Crippen molar-refractivity contribution in [3.63, 3.8) is 0 Å². The Balaban J connectivity index is 0.000000198. The first-order valence-electron chi connectivity index (χ1n) is 25.2. The molecule has 4 N–H and O–H groups in total. The van der Waals surface area contributed by atoms with Crippen LogP contribution in [-0.4, -0.2) is 47.5 Å². The maximum absolute atomic E-state index is 9.98. The van der Waals surface area contributed by atoms with Gasteiger partial charge in [0.2, 0.25) is 0 Å². The number of carbonyl (C=O) groups excluding carboxylic acids is 2. The smallest absolute Gasteiger partial charge is 0.876 e. The van der Waals surface area contributed by atoms with Crippen molar-refractivity contribution in [1.29, 1.82) is 0 Å². The third kappa shape index (κ3) is 11.4. The summed E-state index contributed by atoms with van der Waals surface area (Å²) in [5.41, 5.74) is 18.3. The average molecular weight is 1150 g/mol. The molecule has 73 heavy (non-hydrogen) atoms. The van der Waals surface area contributed by atoms with Gasteiger partial charge in [0.15, 0.2) is 11.6 Å². The van der Waals surface area contributed by atoms with Crippen LogP contribution < -0.4 is 10.2 Å². The van der Waals surface area contributed by atoms with Crippen LogP contribution in [0.2, 0.25) is 0 Å². The van der Waals surface area contributed by atoms with Gasteiger partial charge in [-0.25, -0.2) is 0 Å². The fourth-order valence-electron chi connectivity index (χ4n) is 13.7. The maximum Gasteiger partial charge on any atom is 3.00 e. The van der Waals surface area contributed by atoms with Crippen LogP contribution in [0.3, 0.4) is 0 Å². The number of nitrogens with zero attached hydrogens (tertiary/aromatic N) is 5. The van der Waals surface area contributed by atoms with Crippen LogP contribution in [-0.2, 0) is 35.3 Å². The number of rotatable bonds is 4. The van der Waals surface area contributed by atoms with E-state index >= 15 is 0 Å². The molecular formula is C58H74DyN5O9. The molecular weight excluding hydrogens is 1070 g/mol. The van der Waals surface area contributed by atoms with Crippen molar-refractivity contribution in [2.75, 3.05) is 0 Å². The van der Waals surface area contributed by atoms with E-state index in [-0.39, 0.29) is 72.2 Å². The van der Waals surface area contributed by atoms with Crippen LogP contribution >= 0.6 is 0 Å². The molecule has 395 valence electrons. The Morgan fingerprint density at radius 1 is 0.479 bits per heavy atom. The zero-order valence-corrected chi connectivity index (χ0v) is 46.5. The van der Waals surface area contributed by atoms with Gasteiger partial charge in [0.1, 0.15) is 0 Å². The van der Waals surface area contributed by atoms with E-state index in [0.717, 1.165) is 58.6 Å². The first-order valence-corrected chi connectivity index (χ1v) is 25.2. The van der Waals surface area contributed by atoms with E-state index in [2.05, 4.69) is 104 Å². The molecule has 0 saturated heterocycles. The van der Waals surface area contributed by atoms with Gasteiger partial charge in [0.25, 0.3) is 0 Å². The summed E-state index contributed by atoms with van der Waals surface area (Å²) in [5, 5.41) is 34.7. The molecule has 4 heterocycles. The molecule has 0 amide bonds. The van der Waals surface area contributed by atoms with Gasteiger partial charge in [-0.2, -0.15) is 0 Å². The predicted octanol–water partition coefficient (Wildman–Crippen LogP) is 8.82. The molecule has 12 aliphatic rings. The van der Waals surface area contributed by atoms with Crippen LogP contribution in [0.25, 0.3) is 22.8 Å². The van der Waals surface area contributed by atoms with Crippen LogP contribution in [0.1, 0.15) is 177 Å².